The Morgan fingerprint density at radius 2 is 1.50 bits per heavy atom. The fourth-order valence-corrected chi connectivity index (χ4v) is 4.04. The highest BCUT2D eigenvalue weighted by atomic mass is 31.0. The van der Waals surface area contributed by atoms with Gasteiger partial charge in [-0.15, -0.1) is 9.24 Å². The van der Waals surface area contributed by atoms with Crippen LogP contribution < -0.4 is 0 Å². The zero-order valence-electron chi connectivity index (χ0n) is 21.3. The van der Waals surface area contributed by atoms with Crippen LogP contribution >= 0.6 is 9.24 Å². The van der Waals surface area contributed by atoms with E-state index in [2.05, 4.69) is 43.5 Å². The largest absolute Gasteiger partial charge is 0.496 e. The lowest BCUT2D eigenvalue weighted by Gasteiger charge is -2.42. The van der Waals surface area contributed by atoms with Gasteiger partial charge < -0.3 is 9.84 Å². The Balaban J connectivity index is 4.35. The summed E-state index contributed by atoms with van der Waals surface area (Å²) in [4.78, 5) is 12.8. The molecule has 4 heteroatoms. The summed E-state index contributed by atoms with van der Waals surface area (Å²) < 4.78 is 5.62. The van der Waals surface area contributed by atoms with Crippen LogP contribution in [-0.4, -0.2) is 28.3 Å². The average molecular weight is 443 g/mol. The molecule has 0 heterocycles. The number of hydrogen-bond donors (Lipinski definition) is 1. The molecular formula is C26H51O3P. The molecule has 0 aromatic carbocycles. The van der Waals surface area contributed by atoms with E-state index in [0.29, 0.717) is 12.2 Å². The Hall–Kier alpha value is -0.400. The van der Waals surface area contributed by atoms with E-state index in [0.717, 1.165) is 50.7 Å². The van der Waals surface area contributed by atoms with Crippen LogP contribution in [0.3, 0.4) is 0 Å². The SMILES string of the molecule is C=C(CCCCCC(C)(C)C(C)(C)CC(=O)C(P)CCCCC(C)(C)O)OC(C)C. The van der Waals surface area contributed by atoms with Crippen molar-refractivity contribution in [1.82, 2.24) is 0 Å². The molecule has 0 aliphatic heterocycles. The van der Waals surface area contributed by atoms with Gasteiger partial charge >= 0.3 is 0 Å². The van der Waals surface area contributed by atoms with Gasteiger partial charge in [0.1, 0.15) is 5.78 Å². The molecule has 0 saturated carbocycles. The molecule has 0 aromatic rings. The van der Waals surface area contributed by atoms with Crippen LogP contribution in [0.5, 0.6) is 0 Å². The molecule has 0 amide bonds. The number of allylic oxidation sites excluding steroid dienone is 1. The van der Waals surface area contributed by atoms with Crippen molar-refractivity contribution in [2.45, 2.75) is 137 Å². The van der Waals surface area contributed by atoms with Crippen LogP contribution in [0.4, 0.5) is 0 Å². The number of hydrogen-bond acceptors (Lipinski definition) is 3. The third kappa shape index (κ3) is 13.1. The molecule has 0 saturated heterocycles. The second-order valence-electron chi connectivity index (χ2n) is 11.3. The number of ketones is 1. The van der Waals surface area contributed by atoms with Crippen LogP contribution in [0.2, 0.25) is 0 Å². The monoisotopic (exact) mass is 442 g/mol. The van der Waals surface area contributed by atoms with Gasteiger partial charge in [0.05, 0.1) is 17.5 Å². The van der Waals surface area contributed by atoms with Crippen molar-refractivity contribution in [3.05, 3.63) is 12.3 Å². The molecule has 0 rings (SSSR count). The van der Waals surface area contributed by atoms with Crippen molar-refractivity contribution >= 4 is 15.0 Å². The Labute approximate surface area is 190 Å². The van der Waals surface area contributed by atoms with Gasteiger partial charge in [-0.25, -0.2) is 0 Å². The summed E-state index contributed by atoms with van der Waals surface area (Å²) in [5.74, 6) is 1.24. The molecule has 0 aromatic heterocycles. The van der Waals surface area contributed by atoms with Crippen molar-refractivity contribution in [3.63, 3.8) is 0 Å². The zero-order valence-corrected chi connectivity index (χ0v) is 22.4. The minimum atomic E-state index is -0.610. The number of unbranched alkanes of at least 4 members (excludes halogenated alkanes) is 3. The maximum atomic E-state index is 12.8. The molecule has 2 unspecified atom stereocenters. The van der Waals surface area contributed by atoms with Gasteiger partial charge in [0.2, 0.25) is 0 Å². The summed E-state index contributed by atoms with van der Waals surface area (Å²) in [5.41, 5.74) is -0.509. The fraction of sp³-hybridized carbons (Fsp3) is 0.885. The third-order valence-corrected chi connectivity index (χ3v) is 7.28. The van der Waals surface area contributed by atoms with Crippen molar-refractivity contribution in [2.75, 3.05) is 0 Å². The molecule has 1 N–H and O–H groups in total. The second kappa shape index (κ2) is 13.2. The Bertz CT molecular complexity index is 515. The molecule has 178 valence electrons. The van der Waals surface area contributed by atoms with Crippen LogP contribution in [-0.2, 0) is 9.53 Å². The van der Waals surface area contributed by atoms with Gasteiger partial charge in [-0.05, 0) is 64.2 Å². The summed E-state index contributed by atoms with van der Waals surface area (Å²) in [7, 11) is 2.76. The quantitative estimate of drug-likeness (QED) is 0.144. The Morgan fingerprint density at radius 1 is 0.933 bits per heavy atom. The normalized spacial score (nSPS) is 14.1. The summed E-state index contributed by atoms with van der Waals surface area (Å²) in [5, 5.41) is 9.82. The van der Waals surface area contributed by atoms with Gasteiger partial charge in [-0.2, -0.15) is 0 Å². The van der Waals surface area contributed by atoms with E-state index in [-0.39, 0.29) is 22.6 Å². The van der Waals surface area contributed by atoms with Crippen LogP contribution in [0, 0.1) is 10.8 Å². The van der Waals surface area contributed by atoms with E-state index in [1.807, 2.05) is 27.7 Å². The van der Waals surface area contributed by atoms with Gasteiger partial charge in [0.25, 0.3) is 0 Å². The molecule has 0 radical (unpaired) electrons. The highest BCUT2D eigenvalue weighted by Gasteiger charge is 2.38. The number of carbonyl (C=O) groups excluding carboxylic acids is 1. The topological polar surface area (TPSA) is 46.5 Å². The summed E-state index contributed by atoms with van der Waals surface area (Å²) in [6.45, 7) is 20.9. The van der Waals surface area contributed by atoms with Gasteiger partial charge in [0.15, 0.2) is 0 Å². The molecule has 2 atom stereocenters. The zero-order chi connectivity index (χ0) is 23.6. The molecule has 0 fully saturated rings. The highest BCUT2D eigenvalue weighted by Crippen LogP contribution is 2.45. The molecule has 0 aliphatic carbocycles. The lowest BCUT2D eigenvalue weighted by atomic mass is 9.63. The molecule has 0 bridgehead atoms. The summed E-state index contributed by atoms with van der Waals surface area (Å²) in [6.07, 6.45) is 9.95. The smallest absolute Gasteiger partial charge is 0.140 e. The van der Waals surface area contributed by atoms with E-state index in [1.165, 1.54) is 12.8 Å². The predicted octanol–water partition coefficient (Wildman–Crippen LogP) is 7.46. The van der Waals surface area contributed by atoms with Gasteiger partial charge in [-0.1, -0.05) is 60.0 Å². The third-order valence-electron chi connectivity index (χ3n) is 6.58. The summed E-state index contributed by atoms with van der Waals surface area (Å²) in [6, 6.07) is 0. The van der Waals surface area contributed by atoms with Crippen molar-refractivity contribution in [2.24, 2.45) is 10.8 Å². The molecule has 3 nitrogen and oxygen atoms in total. The van der Waals surface area contributed by atoms with Crippen LogP contribution in [0.15, 0.2) is 12.3 Å². The van der Waals surface area contributed by atoms with E-state index >= 15 is 0 Å². The standard InChI is InChI=1S/C26H51O3P/c1-20(2)29-21(3)15-11-10-13-17-24(4,5)25(6,7)19-22(27)23(30)16-12-14-18-26(8,9)28/h20,23,28H,3,10-19,30H2,1-2,4-9H3. The Kier molecular flexibility index (Phi) is 13.0. The maximum Gasteiger partial charge on any atom is 0.140 e. The number of aliphatic hydroxyl groups is 1. The maximum absolute atomic E-state index is 12.8. The molecule has 30 heavy (non-hydrogen) atoms. The summed E-state index contributed by atoms with van der Waals surface area (Å²) >= 11 is 0. The first-order valence-corrected chi connectivity index (χ1v) is 12.6. The number of ether oxygens (including phenoxy) is 1. The number of rotatable bonds is 17. The highest BCUT2D eigenvalue weighted by molar-refractivity contribution is 7.19. The number of carbonyl (C=O) groups is 1. The molecule has 0 aliphatic rings. The predicted molar refractivity (Wildman–Crippen MR) is 134 cm³/mol. The van der Waals surface area contributed by atoms with E-state index in [9.17, 15) is 9.90 Å². The van der Waals surface area contributed by atoms with Crippen LogP contribution in [0.25, 0.3) is 0 Å². The van der Waals surface area contributed by atoms with Crippen molar-refractivity contribution in [3.8, 4) is 0 Å². The van der Waals surface area contributed by atoms with Crippen molar-refractivity contribution < 1.29 is 14.6 Å². The minimum absolute atomic E-state index is 0.0221. The fourth-order valence-electron chi connectivity index (χ4n) is 3.69. The van der Waals surface area contributed by atoms with Crippen LogP contribution in [0.1, 0.15) is 120 Å². The van der Waals surface area contributed by atoms with Crippen molar-refractivity contribution in [1.29, 1.82) is 0 Å². The first-order chi connectivity index (χ1) is 13.6. The lowest BCUT2D eigenvalue weighted by molar-refractivity contribution is -0.122. The average Bonchev–Trinajstić information content (AvgIpc) is 2.56. The lowest BCUT2D eigenvalue weighted by Crippen LogP contribution is -2.36. The molecule has 0 spiro atoms. The van der Waals surface area contributed by atoms with E-state index in [4.69, 9.17) is 4.74 Å². The van der Waals surface area contributed by atoms with E-state index in [1.54, 1.807) is 0 Å². The van der Waals surface area contributed by atoms with Gasteiger partial charge in [-0.3, -0.25) is 4.79 Å². The Morgan fingerprint density at radius 3 is 2.03 bits per heavy atom. The first kappa shape index (κ1) is 29.6. The minimum Gasteiger partial charge on any atom is -0.496 e. The first-order valence-electron chi connectivity index (χ1n) is 11.9. The number of Topliss-reactive ketones (excluding diaryl/α,β-unsaturated/α-hetero) is 1. The second-order valence-corrected chi connectivity index (χ2v) is 12.1. The van der Waals surface area contributed by atoms with Gasteiger partial charge in [0, 0.05) is 18.5 Å². The molecular weight excluding hydrogens is 391 g/mol. The van der Waals surface area contributed by atoms with E-state index < -0.39 is 5.60 Å².